The van der Waals surface area contributed by atoms with Gasteiger partial charge in [-0.3, -0.25) is 14.6 Å². The second kappa shape index (κ2) is 14.3. The lowest BCUT2D eigenvalue weighted by Crippen LogP contribution is -2.18. The highest BCUT2D eigenvalue weighted by atomic mass is 32.1. The van der Waals surface area contributed by atoms with Crippen molar-refractivity contribution in [1.82, 2.24) is 25.4 Å². The number of halogens is 3. The van der Waals surface area contributed by atoms with Crippen LogP contribution >= 0.6 is 11.3 Å². The third-order valence-corrected chi connectivity index (χ3v) is 6.58. The van der Waals surface area contributed by atoms with Crippen LogP contribution in [0.3, 0.4) is 0 Å². The Morgan fingerprint density at radius 3 is 2.40 bits per heavy atom. The molecule has 3 aromatic heterocycles. The zero-order chi connectivity index (χ0) is 30.0. The number of hydrogen-bond donors (Lipinski definition) is 2. The van der Waals surface area contributed by atoms with Crippen LogP contribution in [0.4, 0.5) is 24.1 Å². The van der Waals surface area contributed by atoms with Gasteiger partial charge in [0, 0.05) is 23.9 Å². The highest BCUT2D eigenvalue weighted by molar-refractivity contribution is 7.15. The van der Waals surface area contributed by atoms with Gasteiger partial charge in [0.25, 0.3) is 0 Å². The molecule has 15 heteroatoms. The first kappa shape index (κ1) is 30.3. The molecule has 0 aliphatic rings. The number of unbranched alkanes of at least 4 members (excludes halogenated alkanes) is 1. The van der Waals surface area contributed by atoms with Crippen molar-refractivity contribution in [3.8, 4) is 11.5 Å². The predicted molar refractivity (Wildman–Crippen MR) is 147 cm³/mol. The summed E-state index contributed by atoms with van der Waals surface area (Å²) in [5, 5.41) is 22.9. The van der Waals surface area contributed by atoms with Gasteiger partial charge in [0.15, 0.2) is 5.82 Å². The summed E-state index contributed by atoms with van der Waals surface area (Å²) in [4.78, 5) is 28.8. The van der Waals surface area contributed by atoms with Crippen molar-refractivity contribution in [2.24, 2.45) is 0 Å². The number of hydrogen-bond acceptors (Lipinski definition) is 10. The first-order chi connectivity index (χ1) is 20.2. The summed E-state index contributed by atoms with van der Waals surface area (Å²) in [6.07, 6.45) is -0.369. The number of carbonyl (C=O) groups excluding carboxylic acids is 2. The minimum absolute atomic E-state index is 0.155. The van der Waals surface area contributed by atoms with Crippen LogP contribution in [0.15, 0.2) is 54.7 Å². The van der Waals surface area contributed by atoms with Crippen molar-refractivity contribution in [2.45, 2.75) is 44.9 Å². The Labute approximate surface area is 242 Å². The number of amides is 2. The normalized spacial score (nSPS) is 11.1. The molecule has 1 aromatic carbocycles. The number of alkyl halides is 3. The van der Waals surface area contributed by atoms with Crippen LogP contribution in [-0.2, 0) is 35.3 Å². The Morgan fingerprint density at radius 2 is 1.69 bits per heavy atom. The van der Waals surface area contributed by atoms with Crippen LogP contribution in [0.5, 0.6) is 11.5 Å². The Hall–Kier alpha value is -4.66. The molecular weight excluding hydrogens is 575 g/mol. The number of aromatic nitrogens is 5. The van der Waals surface area contributed by atoms with E-state index < -0.39 is 18.0 Å². The van der Waals surface area contributed by atoms with Crippen LogP contribution in [0.1, 0.15) is 34.8 Å². The van der Waals surface area contributed by atoms with E-state index in [9.17, 15) is 22.8 Å². The van der Waals surface area contributed by atoms with Crippen LogP contribution < -0.4 is 20.1 Å². The summed E-state index contributed by atoms with van der Waals surface area (Å²) in [5.74, 6) is -0.721. The summed E-state index contributed by atoms with van der Waals surface area (Å²) < 4.78 is 46.7. The second-order valence-electron chi connectivity index (χ2n) is 8.91. The van der Waals surface area contributed by atoms with E-state index in [1.165, 1.54) is 24.5 Å². The number of aryl methyl sites for hydroxylation is 2. The molecule has 4 aromatic rings. The summed E-state index contributed by atoms with van der Waals surface area (Å²) in [7, 11) is 1.35. The minimum atomic E-state index is -4.85. The van der Waals surface area contributed by atoms with Gasteiger partial charge in [0.2, 0.25) is 16.9 Å². The quantitative estimate of drug-likeness (QED) is 0.211. The van der Waals surface area contributed by atoms with Crippen molar-refractivity contribution in [1.29, 1.82) is 0 Å². The van der Waals surface area contributed by atoms with Gasteiger partial charge in [0.05, 0.1) is 25.6 Å². The fourth-order valence-corrected chi connectivity index (χ4v) is 4.63. The zero-order valence-corrected chi connectivity index (χ0v) is 23.2. The summed E-state index contributed by atoms with van der Waals surface area (Å²) in [5.41, 5.74) is 1.62. The van der Waals surface area contributed by atoms with Crippen molar-refractivity contribution in [2.75, 3.05) is 17.7 Å². The number of nitrogens with zero attached hydrogens (tertiary/aromatic N) is 5. The van der Waals surface area contributed by atoms with Crippen LogP contribution in [0.2, 0.25) is 0 Å². The van der Waals surface area contributed by atoms with Crippen LogP contribution in [0, 0.1) is 0 Å². The first-order valence-electron chi connectivity index (χ1n) is 12.7. The standard InChI is InChI=1S/C27H26F3N7O4S/c1-40-21-11-10-20(41-27(28,29)30)14-17(21)15-23(38)32-22-12-9-18(34-35-22)6-2-3-8-25-36-37-26(42-25)33-24(39)16-19-7-4-5-13-31-19/h4-5,7,9-14H,2-3,6,8,15-16H2,1H3,(H,32,35,38)(H,33,37,39). The molecule has 0 radical (unpaired) electrons. The molecule has 2 amide bonds. The molecule has 0 spiro atoms. The van der Waals surface area contributed by atoms with Gasteiger partial charge in [-0.05, 0) is 61.7 Å². The Kier molecular flexibility index (Phi) is 10.3. The van der Waals surface area contributed by atoms with Gasteiger partial charge in [-0.15, -0.1) is 28.5 Å². The Bertz CT molecular complexity index is 1490. The molecule has 0 aliphatic heterocycles. The SMILES string of the molecule is COc1ccc(OC(F)(F)F)cc1CC(=O)Nc1ccc(CCCCc2nnc(NC(=O)Cc3ccccn3)s2)nn1. The number of methoxy groups -OCH3 is 1. The second-order valence-corrected chi connectivity index (χ2v) is 9.97. The minimum Gasteiger partial charge on any atom is -0.496 e. The van der Waals surface area contributed by atoms with Gasteiger partial charge in [-0.2, -0.15) is 5.10 Å². The maximum Gasteiger partial charge on any atom is 0.573 e. The van der Waals surface area contributed by atoms with E-state index in [1.807, 2.05) is 6.07 Å². The Morgan fingerprint density at radius 1 is 0.881 bits per heavy atom. The molecule has 2 N–H and O–H groups in total. The third-order valence-electron chi connectivity index (χ3n) is 5.68. The largest absolute Gasteiger partial charge is 0.573 e. The number of benzene rings is 1. The first-order valence-corrected chi connectivity index (χ1v) is 13.6. The maximum absolute atomic E-state index is 12.5. The predicted octanol–water partition coefficient (Wildman–Crippen LogP) is 4.56. The number of pyridine rings is 1. The molecule has 0 saturated heterocycles. The van der Waals surface area contributed by atoms with E-state index in [4.69, 9.17) is 4.74 Å². The highest BCUT2D eigenvalue weighted by Crippen LogP contribution is 2.29. The number of rotatable bonds is 13. The summed E-state index contributed by atoms with van der Waals surface area (Å²) in [6.45, 7) is 0. The average molecular weight is 602 g/mol. The number of ether oxygens (including phenoxy) is 2. The summed E-state index contributed by atoms with van der Waals surface area (Å²) >= 11 is 1.32. The van der Waals surface area contributed by atoms with Crippen molar-refractivity contribution in [3.05, 3.63) is 76.7 Å². The van der Waals surface area contributed by atoms with Crippen LogP contribution in [-0.4, -0.2) is 50.7 Å². The monoisotopic (exact) mass is 601 g/mol. The van der Waals surface area contributed by atoms with Crippen LogP contribution in [0.25, 0.3) is 0 Å². The van der Waals surface area contributed by atoms with E-state index in [0.717, 1.165) is 35.7 Å². The van der Waals surface area contributed by atoms with E-state index in [1.54, 1.807) is 30.5 Å². The molecule has 0 aliphatic carbocycles. The van der Waals surface area contributed by atoms with E-state index in [2.05, 4.69) is 40.7 Å². The molecule has 11 nitrogen and oxygen atoms in total. The van der Waals surface area contributed by atoms with E-state index >= 15 is 0 Å². The van der Waals surface area contributed by atoms with E-state index in [0.29, 0.717) is 23.7 Å². The van der Waals surface area contributed by atoms with Gasteiger partial charge in [0.1, 0.15) is 16.5 Å². The molecule has 0 fully saturated rings. The topological polar surface area (TPSA) is 141 Å². The van der Waals surface area contributed by atoms with Gasteiger partial charge < -0.3 is 20.1 Å². The van der Waals surface area contributed by atoms with Gasteiger partial charge in [-0.25, -0.2) is 0 Å². The lowest BCUT2D eigenvalue weighted by molar-refractivity contribution is -0.274. The number of nitrogens with one attached hydrogen (secondary N) is 2. The molecule has 3 heterocycles. The van der Waals surface area contributed by atoms with Crippen molar-refractivity contribution in [3.63, 3.8) is 0 Å². The van der Waals surface area contributed by atoms with E-state index in [-0.39, 0.29) is 35.9 Å². The van der Waals surface area contributed by atoms with Crippen molar-refractivity contribution < 1.29 is 32.2 Å². The van der Waals surface area contributed by atoms with Crippen molar-refractivity contribution >= 4 is 34.1 Å². The van der Waals surface area contributed by atoms with Gasteiger partial charge >= 0.3 is 6.36 Å². The fraction of sp³-hybridized carbons (Fsp3) is 0.296. The molecule has 0 unspecified atom stereocenters. The average Bonchev–Trinajstić information content (AvgIpc) is 3.38. The number of anilines is 2. The molecule has 0 atom stereocenters. The lowest BCUT2D eigenvalue weighted by Gasteiger charge is -2.13. The molecule has 0 saturated carbocycles. The highest BCUT2D eigenvalue weighted by Gasteiger charge is 2.31. The molecule has 42 heavy (non-hydrogen) atoms. The fourth-order valence-electron chi connectivity index (χ4n) is 3.83. The molecule has 0 bridgehead atoms. The maximum atomic E-state index is 12.5. The molecular formula is C27H26F3N7O4S. The van der Waals surface area contributed by atoms with Gasteiger partial charge in [-0.1, -0.05) is 17.4 Å². The lowest BCUT2D eigenvalue weighted by atomic mass is 10.1. The molecule has 220 valence electrons. The Balaban J connectivity index is 1.19. The number of carbonyl (C=O) groups is 2. The molecule has 4 rings (SSSR count). The third kappa shape index (κ3) is 9.76. The summed E-state index contributed by atoms with van der Waals surface area (Å²) in [6, 6.07) is 12.2. The zero-order valence-electron chi connectivity index (χ0n) is 22.3. The smallest absolute Gasteiger partial charge is 0.496 e.